The van der Waals surface area contributed by atoms with Crippen molar-refractivity contribution in [2.75, 3.05) is 0 Å². The van der Waals surface area contributed by atoms with Crippen molar-refractivity contribution in [3.63, 3.8) is 0 Å². The van der Waals surface area contributed by atoms with Crippen LogP contribution in [0.15, 0.2) is 66.7 Å². The topological polar surface area (TPSA) is 34.1 Å². The first-order valence-electron chi connectivity index (χ1n) is 8.32. The highest BCUT2D eigenvalue weighted by molar-refractivity contribution is 5.94. The highest BCUT2D eigenvalue weighted by Gasteiger charge is 2.08. The summed E-state index contributed by atoms with van der Waals surface area (Å²) in [5.74, 6) is 0.0704. The van der Waals surface area contributed by atoms with E-state index in [2.05, 4.69) is 18.2 Å². The summed E-state index contributed by atoms with van der Waals surface area (Å²) in [4.78, 5) is 22.6. The lowest BCUT2D eigenvalue weighted by Crippen LogP contribution is -1.96. The van der Waals surface area contributed by atoms with Crippen molar-refractivity contribution < 1.29 is 9.59 Å². The molecule has 0 spiro atoms. The summed E-state index contributed by atoms with van der Waals surface area (Å²) in [7, 11) is 0. The van der Waals surface area contributed by atoms with Crippen molar-refractivity contribution in [2.45, 2.75) is 20.3 Å². The molecule has 0 N–H and O–H groups in total. The van der Waals surface area contributed by atoms with Crippen LogP contribution in [0.25, 0.3) is 11.1 Å². The third-order valence-electron chi connectivity index (χ3n) is 4.31. The monoisotopic (exact) mass is 328 g/mol. The second kappa shape index (κ2) is 7.27. The van der Waals surface area contributed by atoms with Gasteiger partial charge in [-0.25, -0.2) is 0 Å². The fourth-order valence-electron chi connectivity index (χ4n) is 3.12. The fraction of sp³-hybridized carbons (Fsp3) is 0.130. The van der Waals surface area contributed by atoms with Crippen LogP contribution in [0.2, 0.25) is 0 Å². The summed E-state index contributed by atoms with van der Waals surface area (Å²) in [5, 5.41) is 0. The van der Waals surface area contributed by atoms with Gasteiger partial charge < -0.3 is 0 Å². The zero-order chi connectivity index (χ0) is 17.8. The Morgan fingerprint density at radius 2 is 1.68 bits per heavy atom. The van der Waals surface area contributed by atoms with Crippen molar-refractivity contribution in [1.82, 2.24) is 0 Å². The summed E-state index contributed by atoms with van der Waals surface area (Å²) >= 11 is 0. The van der Waals surface area contributed by atoms with Crippen molar-refractivity contribution in [3.05, 3.63) is 94.5 Å². The van der Waals surface area contributed by atoms with Gasteiger partial charge in [-0.3, -0.25) is 9.59 Å². The average Bonchev–Trinajstić information content (AvgIpc) is 2.61. The molecule has 0 aliphatic rings. The number of rotatable bonds is 5. The number of Topliss-reactive ketones (excluding diaryl/α,β-unsaturated/α-hetero) is 1. The van der Waals surface area contributed by atoms with Crippen LogP contribution in [0.1, 0.15) is 44.3 Å². The molecular weight excluding hydrogens is 308 g/mol. The Balaban J connectivity index is 1.97. The van der Waals surface area contributed by atoms with E-state index < -0.39 is 0 Å². The van der Waals surface area contributed by atoms with Crippen molar-refractivity contribution in [3.8, 4) is 11.1 Å². The van der Waals surface area contributed by atoms with Gasteiger partial charge in [0.15, 0.2) is 5.78 Å². The molecule has 124 valence electrons. The molecule has 0 fully saturated rings. The molecule has 0 aliphatic carbocycles. The summed E-state index contributed by atoms with van der Waals surface area (Å²) in [6.07, 6.45) is 1.65. The standard InChI is InChI=1S/C23H20O2/c1-16-11-18(13-19(12-16)15-24)14-22-5-3-4-6-23(22)21-9-7-20(8-10-21)17(2)25/h3-13,15H,14H2,1-2H3. The molecule has 0 bridgehead atoms. The second-order valence-corrected chi connectivity index (χ2v) is 6.34. The Kier molecular flexibility index (Phi) is 4.90. The molecule has 2 nitrogen and oxygen atoms in total. The number of carbonyl (C=O) groups is 2. The summed E-state index contributed by atoms with van der Waals surface area (Å²) in [6, 6.07) is 21.9. The first-order valence-corrected chi connectivity index (χ1v) is 8.32. The van der Waals surface area contributed by atoms with Gasteiger partial charge in [0.05, 0.1) is 0 Å². The number of aryl methyl sites for hydroxylation is 1. The van der Waals surface area contributed by atoms with E-state index in [0.717, 1.165) is 40.5 Å². The smallest absolute Gasteiger partial charge is 0.159 e. The number of carbonyl (C=O) groups excluding carboxylic acids is 2. The number of benzene rings is 3. The van der Waals surface area contributed by atoms with Crippen LogP contribution < -0.4 is 0 Å². The van der Waals surface area contributed by atoms with E-state index in [-0.39, 0.29) is 5.78 Å². The Morgan fingerprint density at radius 3 is 2.36 bits per heavy atom. The van der Waals surface area contributed by atoms with E-state index in [9.17, 15) is 9.59 Å². The molecule has 0 radical (unpaired) electrons. The Morgan fingerprint density at radius 1 is 0.960 bits per heavy atom. The zero-order valence-electron chi connectivity index (χ0n) is 14.5. The van der Waals surface area contributed by atoms with Gasteiger partial charge in [-0.1, -0.05) is 60.2 Å². The largest absolute Gasteiger partial charge is 0.298 e. The van der Waals surface area contributed by atoms with Gasteiger partial charge in [0, 0.05) is 11.1 Å². The quantitative estimate of drug-likeness (QED) is 0.472. The Labute approximate surface area is 148 Å². The zero-order valence-corrected chi connectivity index (χ0v) is 14.5. The predicted molar refractivity (Wildman–Crippen MR) is 101 cm³/mol. The average molecular weight is 328 g/mol. The maximum atomic E-state index is 11.5. The number of hydrogen-bond donors (Lipinski definition) is 0. The van der Waals surface area contributed by atoms with Gasteiger partial charge in [-0.05, 0) is 54.7 Å². The van der Waals surface area contributed by atoms with Gasteiger partial charge in [0.2, 0.25) is 0 Å². The third-order valence-corrected chi connectivity index (χ3v) is 4.31. The van der Waals surface area contributed by atoms with Gasteiger partial charge in [0.1, 0.15) is 6.29 Å². The normalized spacial score (nSPS) is 10.5. The van der Waals surface area contributed by atoms with Crippen LogP contribution in [0.3, 0.4) is 0 Å². The molecule has 0 atom stereocenters. The van der Waals surface area contributed by atoms with Crippen molar-refractivity contribution >= 4 is 12.1 Å². The van der Waals surface area contributed by atoms with Gasteiger partial charge >= 0.3 is 0 Å². The molecule has 3 rings (SSSR count). The SMILES string of the molecule is CC(=O)c1ccc(-c2ccccc2Cc2cc(C)cc(C=O)c2)cc1. The van der Waals surface area contributed by atoms with Gasteiger partial charge in [0.25, 0.3) is 0 Å². The molecule has 3 aromatic rings. The molecule has 2 heteroatoms. The van der Waals surface area contributed by atoms with Crippen LogP contribution in [-0.2, 0) is 6.42 Å². The maximum absolute atomic E-state index is 11.5. The lowest BCUT2D eigenvalue weighted by molar-refractivity contribution is 0.101. The van der Waals surface area contributed by atoms with Crippen LogP contribution >= 0.6 is 0 Å². The molecule has 0 amide bonds. The highest BCUT2D eigenvalue weighted by atomic mass is 16.1. The minimum atomic E-state index is 0.0704. The van der Waals surface area contributed by atoms with Crippen molar-refractivity contribution in [2.24, 2.45) is 0 Å². The van der Waals surface area contributed by atoms with Gasteiger partial charge in [-0.2, -0.15) is 0 Å². The molecule has 0 aromatic heterocycles. The maximum Gasteiger partial charge on any atom is 0.159 e. The van der Waals surface area contributed by atoms with Crippen LogP contribution in [-0.4, -0.2) is 12.1 Å². The van der Waals surface area contributed by atoms with E-state index >= 15 is 0 Å². The number of hydrogen-bond acceptors (Lipinski definition) is 2. The van der Waals surface area contributed by atoms with E-state index in [1.54, 1.807) is 6.92 Å². The molecule has 0 heterocycles. The fourth-order valence-corrected chi connectivity index (χ4v) is 3.12. The first-order chi connectivity index (χ1) is 12.1. The second-order valence-electron chi connectivity index (χ2n) is 6.34. The molecule has 0 unspecified atom stereocenters. The minimum absolute atomic E-state index is 0.0704. The molecule has 0 aliphatic heterocycles. The van der Waals surface area contributed by atoms with E-state index in [4.69, 9.17) is 0 Å². The lowest BCUT2D eigenvalue weighted by atomic mass is 9.93. The first kappa shape index (κ1) is 16.8. The summed E-state index contributed by atoms with van der Waals surface area (Å²) < 4.78 is 0. The van der Waals surface area contributed by atoms with Crippen LogP contribution in [0.4, 0.5) is 0 Å². The van der Waals surface area contributed by atoms with Crippen molar-refractivity contribution in [1.29, 1.82) is 0 Å². The molecule has 0 saturated carbocycles. The molecular formula is C23H20O2. The third kappa shape index (κ3) is 3.92. The van der Waals surface area contributed by atoms with Crippen LogP contribution in [0, 0.1) is 6.92 Å². The summed E-state index contributed by atoms with van der Waals surface area (Å²) in [6.45, 7) is 3.58. The summed E-state index contributed by atoms with van der Waals surface area (Å²) in [5.41, 5.74) is 7.06. The highest BCUT2D eigenvalue weighted by Crippen LogP contribution is 2.26. The minimum Gasteiger partial charge on any atom is -0.298 e. The van der Waals surface area contributed by atoms with Gasteiger partial charge in [-0.15, -0.1) is 0 Å². The molecule has 25 heavy (non-hydrogen) atoms. The van der Waals surface area contributed by atoms with E-state index in [0.29, 0.717) is 5.56 Å². The van der Waals surface area contributed by atoms with E-state index in [1.807, 2.05) is 55.5 Å². The lowest BCUT2D eigenvalue weighted by Gasteiger charge is -2.11. The molecule has 3 aromatic carbocycles. The van der Waals surface area contributed by atoms with Crippen LogP contribution in [0.5, 0.6) is 0 Å². The Hall–Kier alpha value is -3.00. The predicted octanol–water partition coefficient (Wildman–Crippen LogP) is 5.27. The van der Waals surface area contributed by atoms with E-state index in [1.165, 1.54) is 5.56 Å². The number of ketones is 1. The molecule has 0 saturated heterocycles. The number of aldehydes is 1. The Bertz CT molecular complexity index is 921.